The van der Waals surface area contributed by atoms with E-state index in [0.29, 0.717) is 5.69 Å². The standard InChI is InChI=1S/C15H22N4O2/c1-11(17-15(16)21)14(20)18-12-5-7-13(8-6-12)19-9-3-2-4-10-19/h5-8,11H,2-4,9-10H2,1H3,(H,18,20)(H3,16,17,21)/t11-/m0/s1. The molecule has 1 saturated heterocycles. The molecule has 21 heavy (non-hydrogen) atoms. The van der Waals surface area contributed by atoms with Crippen molar-refractivity contribution in [2.45, 2.75) is 32.2 Å². The van der Waals surface area contributed by atoms with Gasteiger partial charge in [0.1, 0.15) is 6.04 Å². The average Bonchev–Trinajstić information content (AvgIpc) is 2.48. The molecule has 0 spiro atoms. The lowest BCUT2D eigenvalue weighted by Crippen LogP contribution is -2.44. The number of carbonyl (C=O) groups excluding carboxylic acids is 2. The highest BCUT2D eigenvalue weighted by Gasteiger charge is 2.14. The first-order chi connectivity index (χ1) is 10.1. The fourth-order valence-corrected chi connectivity index (χ4v) is 2.44. The van der Waals surface area contributed by atoms with E-state index < -0.39 is 12.1 Å². The van der Waals surface area contributed by atoms with Gasteiger partial charge in [-0.1, -0.05) is 0 Å². The van der Waals surface area contributed by atoms with Gasteiger partial charge < -0.3 is 21.3 Å². The third-order valence-corrected chi connectivity index (χ3v) is 3.61. The SMILES string of the molecule is C[C@H](NC(N)=O)C(=O)Nc1ccc(N2CCCCC2)cc1. The lowest BCUT2D eigenvalue weighted by molar-refractivity contribution is -0.117. The fraction of sp³-hybridized carbons (Fsp3) is 0.467. The summed E-state index contributed by atoms with van der Waals surface area (Å²) in [7, 11) is 0. The third kappa shape index (κ3) is 4.37. The molecule has 0 saturated carbocycles. The number of anilines is 2. The summed E-state index contributed by atoms with van der Waals surface area (Å²) in [4.78, 5) is 24.9. The Hall–Kier alpha value is -2.24. The van der Waals surface area contributed by atoms with Gasteiger partial charge in [-0.2, -0.15) is 0 Å². The van der Waals surface area contributed by atoms with Gasteiger partial charge in [-0.15, -0.1) is 0 Å². The van der Waals surface area contributed by atoms with E-state index in [9.17, 15) is 9.59 Å². The second-order valence-corrected chi connectivity index (χ2v) is 5.31. The summed E-state index contributed by atoms with van der Waals surface area (Å²) in [5, 5.41) is 5.09. The first-order valence-corrected chi connectivity index (χ1v) is 7.28. The molecule has 0 aliphatic carbocycles. The van der Waals surface area contributed by atoms with Gasteiger partial charge in [0.15, 0.2) is 0 Å². The topological polar surface area (TPSA) is 87.5 Å². The first kappa shape index (κ1) is 15.2. The Balaban J connectivity index is 1.92. The van der Waals surface area contributed by atoms with Crippen LogP contribution in [0.3, 0.4) is 0 Å². The summed E-state index contributed by atoms with van der Waals surface area (Å²) in [6, 6.07) is 6.39. The molecule has 114 valence electrons. The Morgan fingerprint density at radius 1 is 1.14 bits per heavy atom. The van der Waals surface area contributed by atoms with Crippen LogP contribution in [0.1, 0.15) is 26.2 Å². The van der Waals surface area contributed by atoms with Crippen LogP contribution in [0, 0.1) is 0 Å². The number of nitrogens with zero attached hydrogens (tertiary/aromatic N) is 1. The second-order valence-electron chi connectivity index (χ2n) is 5.31. The highest BCUT2D eigenvalue weighted by molar-refractivity contribution is 5.96. The zero-order chi connectivity index (χ0) is 15.2. The Bertz CT molecular complexity index is 495. The van der Waals surface area contributed by atoms with E-state index in [-0.39, 0.29) is 5.91 Å². The lowest BCUT2D eigenvalue weighted by atomic mass is 10.1. The van der Waals surface area contributed by atoms with Gasteiger partial charge in [-0.3, -0.25) is 4.79 Å². The predicted molar refractivity (Wildman–Crippen MR) is 83.3 cm³/mol. The predicted octanol–water partition coefficient (Wildman–Crippen LogP) is 1.67. The molecule has 0 bridgehead atoms. The van der Waals surface area contributed by atoms with Crippen molar-refractivity contribution in [2.75, 3.05) is 23.3 Å². The summed E-state index contributed by atoms with van der Waals surface area (Å²) in [5.74, 6) is -0.292. The molecular formula is C15H22N4O2. The summed E-state index contributed by atoms with van der Waals surface area (Å²) in [5.41, 5.74) is 6.88. The van der Waals surface area contributed by atoms with Crippen molar-refractivity contribution in [3.05, 3.63) is 24.3 Å². The minimum Gasteiger partial charge on any atom is -0.372 e. The normalized spacial score (nSPS) is 16.1. The largest absolute Gasteiger partial charge is 0.372 e. The number of nitrogens with two attached hydrogens (primary N) is 1. The molecule has 4 N–H and O–H groups in total. The van der Waals surface area contributed by atoms with Crippen molar-refractivity contribution >= 4 is 23.3 Å². The monoisotopic (exact) mass is 290 g/mol. The number of primary amides is 1. The molecule has 1 aromatic carbocycles. The highest BCUT2D eigenvalue weighted by Crippen LogP contribution is 2.21. The van der Waals surface area contributed by atoms with Crippen LogP contribution < -0.4 is 21.3 Å². The van der Waals surface area contributed by atoms with Gasteiger partial charge >= 0.3 is 6.03 Å². The number of urea groups is 1. The van der Waals surface area contributed by atoms with Crippen LogP contribution in [0.25, 0.3) is 0 Å². The number of nitrogens with one attached hydrogen (secondary N) is 2. The number of hydrogen-bond acceptors (Lipinski definition) is 3. The number of hydrogen-bond donors (Lipinski definition) is 3. The number of amides is 3. The van der Waals surface area contributed by atoms with Gasteiger partial charge in [0.05, 0.1) is 0 Å². The number of piperidine rings is 1. The van der Waals surface area contributed by atoms with Crippen molar-refractivity contribution in [1.82, 2.24) is 5.32 Å². The van der Waals surface area contributed by atoms with E-state index in [1.54, 1.807) is 6.92 Å². The molecule has 1 aromatic rings. The summed E-state index contributed by atoms with van der Waals surface area (Å²) >= 11 is 0. The molecule has 0 aromatic heterocycles. The summed E-state index contributed by atoms with van der Waals surface area (Å²) < 4.78 is 0. The Morgan fingerprint density at radius 2 is 1.76 bits per heavy atom. The molecular weight excluding hydrogens is 268 g/mol. The van der Waals surface area contributed by atoms with Gasteiger partial charge in [-0.25, -0.2) is 4.79 Å². The van der Waals surface area contributed by atoms with Crippen molar-refractivity contribution in [3.63, 3.8) is 0 Å². The molecule has 1 heterocycles. The van der Waals surface area contributed by atoms with E-state index in [0.717, 1.165) is 13.1 Å². The number of carbonyl (C=O) groups is 2. The first-order valence-electron chi connectivity index (χ1n) is 7.28. The van der Waals surface area contributed by atoms with Crippen molar-refractivity contribution in [1.29, 1.82) is 0 Å². The van der Waals surface area contributed by atoms with Crippen LogP contribution in [0.2, 0.25) is 0 Å². The second kappa shape index (κ2) is 6.97. The number of benzene rings is 1. The van der Waals surface area contributed by atoms with Crippen LogP contribution in [-0.4, -0.2) is 31.1 Å². The number of rotatable bonds is 4. The Kier molecular flexibility index (Phi) is 5.03. The molecule has 0 radical (unpaired) electrons. The maximum atomic E-state index is 11.8. The van der Waals surface area contributed by atoms with Crippen LogP contribution in [0.15, 0.2) is 24.3 Å². The van der Waals surface area contributed by atoms with E-state index in [4.69, 9.17) is 5.73 Å². The molecule has 1 aliphatic heterocycles. The van der Waals surface area contributed by atoms with Gasteiger partial charge in [0.2, 0.25) is 5.91 Å². The minimum atomic E-state index is -0.710. The van der Waals surface area contributed by atoms with Gasteiger partial charge in [-0.05, 0) is 50.5 Å². The molecule has 1 fully saturated rings. The zero-order valence-corrected chi connectivity index (χ0v) is 12.3. The summed E-state index contributed by atoms with van der Waals surface area (Å²) in [6.45, 7) is 3.76. The van der Waals surface area contributed by atoms with E-state index in [1.165, 1.54) is 24.9 Å². The average molecular weight is 290 g/mol. The molecule has 2 rings (SSSR count). The van der Waals surface area contributed by atoms with Crippen molar-refractivity contribution in [3.8, 4) is 0 Å². The molecule has 1 aliphatic rings. The quantitative estimate of drug-likeness (QED) is 0.788. The van der Waals surface area contributed by atoms with Crippen LogP contribution >= 0.6 is 0 Å². The van der Waals surface area contributed by atoms with Crippen LogP contribution in [0.4, 0.5) is 16.2 Å². The molecule has 6 nitrogen and oxygen atoms in total. The maximum Gasteiger partial charge on any atom is 0.312 e. The maximum absolute atomic E-state index is 11.8. The van der Waals surface area contributed by atoms with E-state index in [2.05, 4.69) is 15.5 Å². The highest BCUT2D eigenvalue weighted by atomic mass is 16.2. The van der Waals surface area contributed by atoms with Crippen LogP contribution in [-0.2, 0) is 4.79 Å². The fourth-order valence-electron chi connectivity index (χ4n) is 2.44. The van der Waals surface area contributed by atoms with Crippen LogP contribution in [0.5, 0.6) is 0 Å². The smallest absolute Gasteiger partial charge is 0.312 e. The third-order valence-electron chi connectivity index (χ3n) is 3.61. The van der Waals surface area contributed by atoms with Gasteiger partial charge in [0, 0.05) is 24.5 Å². The molecule has 1 atom stereocenters. The Morgan fingerprint density at radius 3 is 2.33 bits per heavy atom. The van der Waals surface area contributed by atoms with E-state index >= 15 is 0 Å². The van der Waals surface area contributed by atoms with Gasteiger partial charge in [0.25, 0.3) is 0 Å². The minimum absolute atomic E-state index is 0.292. The zero-order valence-electron chi connectivity index (χ0n) is 12.3. The molecule has 6 heteroatoms. The van der Waals surface area contributed by atoms with Crippen molar-refractivity contribution < 1.29 is 9.59 Å². The molecule has 0 unspecified atom stereocenters. The molecule has 3 amide bonds. The van der Waals surface area contributed by atoms with Crippen molar-refractivity contribution in [2.24, 2.45) is 5.73 Å². The summed E-state index contributed by atoms with van der Waals surface area (Å²) in [6.07, 6.45) is 3.76. The Labute approximate surface area is 124 Å². The lowest BCUT2D eigenvalue weighted by Gasteiger charge is -2.28. The van der Waals surface area contributed by atoms with E-state index in [1.807, 2.05) is 24.3 Å².